The standard InChI is InChI=1S/C21H24FN3OS2/c1-14-10-18(20-13-28-16(3)24-20)15(2)25(14)11-21(26)23-8-9-27-12-17-6-4-5-7-19(17)22/h4-7,10,13H,8-9,11-12H2,1-3H3,(H,23,26). The lowest BCUT2D eigenvalue weighted by atomic mass is 10.2. The summed E-state index contributed by atoms with van der Waals surface area (Å²) in [4.78, 5) is 16.9. The third-order valence-electron chi connectivity index (χ3n) is 4.55. The van der Waals surface area contributed by atoms with Crippen LogP contribution in [0.4, 0.5) is 4.39 Å². The van der Waals surface area contributed by atoms with Gasteiger partial charge in [0.25, 0.3) is 0 Å². The van der Waals surface area contributed by atoms with E-state index in [1.807, 2.05) is 36.8 Å². The molecule has 4 nitrogen and oxygen atoms in total. The SMILES string of the molecule is Cc1nc(-c2cc(C)n(CC(=O)NCCSCc3ccccc3F)c2C)cs1. The van der Waals surface area contributed by atoms with Crippen molar-refractivity contribution in [2.24, 2.45) is 0 Å². The number of rotatable bonds is 8. The van der Waals surface area contributed by atoms with Crippen molar-refractivity contribution in [3.63, 3.8) is 0 Å². The summed E-state index contributed by atoms with van der Waals surface area (Å²) >= 11 is 3.24. The summed E-state index contributed by atoms with van der Waals surface area (Å²) in [5.74, 6) is 1.15. The molecule has 0 saturated heterocycles. The van der Waals surface area contributed by atoms with Gasteiger partial charge in [0, 0.05) is 40.4 Å². The fourth-order valence-corrected chi connectivity index (χ4v) is 4.51. The molecular weight excluding hydrogens is 393 g/mol. The Kier molecular flexibility index (Phi) is 6.91. The average Bonchev–Trinajstić information content (AvgIpc) is 3.21. The number of carbonyl (C=O) groups excluding carboxylic acids is 1. The maximum absolute atomic E-state index is 13.6. The molecule has 2 heterocycles. The van der Waals surface area contributed by atoms with Crippen LogP contribution in [0.5, 0.6) is 0 Å². The molecule has 1 aromatic carbocycles. The number of hydrogen-bond acceptors (Lipinski definition) is 4. The summed E-state index contributed by atoms with van der Waals surface area (Å²) in [6.45, 7) is 6.88. The normalized spacial score (nSPS) is 11.0. The van der Waals surface area contributed by atoms with Gasteiger partial charge in [0.2, 0.25) is 5.91 Å². The minimum Gasteiger partial charge on any atom is -0.354 e. The summed E-state index contributed by atoms with van der Waals surface area (Å²) in [6, 6.07) is 8.88. The zero-order valence-corrected chi connectivity index (χ0v) is 17.9. The predicted molar refractivity (Wildman–Crippen MR) is 115 cm³/mol. The van der Waals surface area contributed by atoms with E-state index < -0.39 is 0 Å². The Balaban J connectivity index is 1.49. The molecule has 0 aliphatic rings. The Morgan fingerprint density at radius 3 is 2.79 bits per heavy atom. The number of halogens is 1. The number of nitrogens with one attached hydrogen (secondary N) is 1. The van der Waals surface area contributed by atoms with Crippen molar-refractivity contribution in [2.45, 2.75) is 33.1 Å². The summed E-state index contributed by atoms with van der Waals surface area (Å²) < 4.78 is 15.6. The molecule has 3 rings (SSSR count). The van der Waals surface area contributed by atoms with E-state index >= 15 is 0 Å². The van der Waals surface area contributed by atoms with Crippen molar-refractivity contribution < 1.29 is 9.18 Å². The molecule has 0 aliphatic heterocycles. The van der Waals surface area contributed by atoms with Crippen LogP contribution >= 0.6 is 23.1 Å². The first-order chi connectivity index (χ1) is 13.5. The van der Waals surface area contributed by atoms with Crippen LogP contribution in [0.1, 0.15) is 22.0 Å². The fourth-order valence-electron chi connectivity index (χ4n) is 3.05. The monoisotopic (exact) mass is 417 g/mol. The van der Waals surface area contributed by atoms with Gasteiger partial charge in [0.05, 0.1) is 10.7 Å². The molecule has 0 fully saturated rings. The van der Waals surface area contributed by atoms with Crippen LogP contribution < -0.4 is 5.32 Å². The van der Waals surface area contributed by atoms with Crippen molar-refractivity contribution in [3.8, 4) is 11.3 Å². The van der Waals surface area contributed by atoms with Crippen LogP contribution in [0.15, 0.2) is 35.7 Å². The molecule has 0 aliphatic carbocycles. The van der Waals surface area contributed by atoms with E-state index in [0.29, 0.717) is 24.4 Å². The molecular formula is C21H24FN3OS2. The third-order valence-corrected chi connectivity index (χ3v) is 6.34. The molecule has 1 N–H and O–H groups in total. The van der Waals surface area contributed by atoms with Gasteiger partial charge in [-0.05, 0) is 38.5 Å². The Hall–Kier alpha value is -2.12. The number of hydrogen-bond donors (Lipinski definition) is 1. The number of thioether (sulfide) groups is 1. The van der Waals surface area contributed by atoms with E-state index in [0.717, 1.165) is 33.4 Å². The average molecular weight is 418 g/mol. The van der Waals surface area contributed by atoms with Gasteiger partial charge in [-0.25, -0.2) is 9.37 Å². The topological polar surface area (TPSA) is 46.9 Å². The van der Waals surface area contributed by atoms with Crippen molar-refractivity contribution in [1.29, 1.82) is 0 Å². The van der Waals surface area contributed by atoms with E-state index in [1.54, 1.807) is 35.2 Å². The Morgan fingerprint density at radius 1 is 1.29 bits per heavy atom. The zero-order chi connectivity index (χ0) is 20.1. The molecule has 0 spiro atoms. The molecule has 3 aromatic rings. The molecule has 7 heteroatoms. The quantitative estimate of drug-likeness (QED) is 0.539. The number of aromatic nitrogens is 2. The maximum atomic E-state index is 13.6. The lowest BCUT2D eigenvalue weighted by molar-refractivity contribution is -0.121. The molecule has 148 valence electrons. The highest BCUT2D eigenvalue weighted by Gasteiger charge is 2.15. The molecule has 2 aromatic heterocycles. The molecule has 0 bridgehead atoms. The minimum absolute atomic E-state index is 0.0192. The highest BCUT2D eigenvalue weighted by molar-refractivity contribution is 7.98. The second-order valence-electron chi connectivity index (χ2n) is 6.62. The van der Waals surface area contributed by atoms with Crippen LogP contribution in [0.25, 0.3) is 11.3 Å². The lowest BCUT2D eigenvalue weighted by Gasteiger charge is -2.10. The zero-order valence-electron chi connectivity index (χ0n) is 16.3. The highest BCUT2D eigenvalue weighted by Crippen LogP contribution is 2.27. The van der Waals surface area contributed by atoms with Gasteiger partial charge in [0.15, 0.2) is 0 Å². The number of aryl methyl sites for hydroxylation is 2. The number of benzene rings is 1. The first kappa shape index (κ1) is 20.6. The first-order valence-corrected chi connectivity index (χ1v) is 11.2. The smallest absolute Gasteiger partial charge is 0.239 e. The fraction of sp³-hybridized carbons (Fsp3) is 0.333. The summed E-state index contributed by atoms with van der Waals surface area (Å²) in [5, 5.41) is 6.03. The summed E-state index contributed by atoms with van der Waals surface area (Å²) in [5.41, 5.74) is 4.83. The second-order valence-corrected chi connectivity index (χ2v) is 8.78. The van der Waals surface area contributed by atoms with Crippen LogP contribution in [0, 0.1) is 26.6 Å². The number of thiazole rings is 1. The number of nitrogens with zero attached hydrogens (tertiary/aromatic N) is 2. The van der Waals surface area contributed by atoms with Gasteiger partial charge in [-0.15, -0.1) is 11.3 Å². The van der Waals surface area contributed by atoms with Crippen LogP contribution in [0.2, 0.25) is 0 Å². The molecule has 0 saturated carbocycles. The van der Waals surface area contributed by atoms with Crippen LogP contribution in [0.3, 0.4) is 0 Å². The summed E-state index contributed by atoms with van der Waals surface area (Å²) in [6.07, 6.45) is 0. The van der Waals surface area contributed by atoms with E-state index in [4.69, 9.17) is 0 Å². The molecule has 0 atom stereocenters. The van der Waals surface area contributed by atoms with Gasteiger partial charge in [-0.3, -0.25) is 4.79 Å². The van der Waals surface area contributed by atoms with E-state index in [2.05, 4.69) is 16.4 Å². The van der Waals surface area contributed by atoms with Gasteiger partial charge >= 0.3 is 0 Å². The van der Waals surface area contributed by atoms with Crippen LogP contribution in [-0.4, -0.2) is 27.8 Å². The largest absolute Gasteiger partial charge is 0.354 e. The molecule has 1 amide bonds. The third kappa shape index (κ3) is 5.02. The molecule has 0 radical (unpaired) electrons. The number of carbonyl (C=O) groups is 1. The Morgan fingerprint density at radius 2 is 2.07 bits per heavy atom. The second kappa shape index (κ2) is 9.39. The molecule has 0 unspecified atom stereocenters. The highest BCUT2D eigenvalue weighted by atomic mass is 32.2. The predicted octanol–water partition coefficient (Wildman–Crippen LogP) is 4.73. The Labute approximate surface area is 173 Å². The van der Waals surface area contributed by atoms with Crippen molar-refractivity contribution in [2.75, 3.05) is 12.3 Å². The van der Waals surface area contributed by atoms with Crippen molar-refractivity contribution in [3.05, 3.63) is 63.5 Å². The van der Waals surface area contributed by atoms with Gasteiger partial charge in [0.1, 0.15) is 12.4 Å². The minimum atomic E-state index is -0.177. The first-order valence-electron chi connectivity index (χ1n) is 9.12. The van der Waals surface area contributed by atoms with E-state index in [-0.39, 0.29) is 11.7 Å². The molecule has 28 heavy (non-hydrogen) atoms. The van der Waals surface area contributed by atoms with E-state index in [9.17, 15) is 9.18 Å². The van der Waals surface area contributed by atoms with E-state index in [1.165, 1.54) is 6.07 Å². The van der Waals surface area contributed by atoms with Gasteiger partial charge in [-0.1, -0.05) is 18.2 Å². The number of amides is 1. The van der Waals surface area contributed by atoms with Crippen molar-refractivity contribution in [1.82, 2.24) is 14.9 Å². The van der Waals surface area contributed by atoms with Crippen LogP contribution in [-0.2, 0) is 17.1 Å². The Bertz CT molecular complexity index is 964. The lowest BCUT2D eigenvalue weighted by Crippen LogP contribution is -2.30. The van der Waals surface area contributed by atoms with Gasteiger partial charge in [-0.2, -0.15) is 11.8 Å². The maximum Gasteiger partial charge on any atom is 0.239 e. The summed E-state index contributed by atoms with van der Waals surface area (Å²) in [7, 11) is 0. The van der Waals surface area contributed by atoms with Crippen molar-refractivity contribution >= 4 is 29.0 Å². The van der Waals surface area contributed by atoms with Gasteiger partial charge < -0.3 is 9.88 Å².